The molecule has 3 aromatic rings. The zero-order valence-electron chi connectivity index (χ0n) is 17.9. The molecule has 6 nitrogen and oxygen atoms in total. The number of hydrogen-bond acceptors (Lipinski definition) is 5. The summed E-state index contributed by atoms with van der Waals surface area (Å²) in [5.74, 6) is -0.181. The summed E-state index contributed by atoms with van der Waals surface area (Å²) in [4.78, 5) is 33.2. The largest absolute Gasteiger partial charge is 0.335 e. The molecule has 2 amide bonds. The molecule has 0 aliphatic rings. The maximum Gasteiger partial charge on any atom is 0.238 e. The average Bonchev–Trinajstić information content (AvgIpc) is 3.17. The Morgan fingerprint density at radius 2 is 1.77 bits per heavy atom. The fourth-order valence-electron chi connectivity index (χ4n) is 3.23. The monoisotopic (exact) mass is 424 g/mol. The van der Waals surface area contributed by atoms with Crippen LogP contribution in [0.2, 0.25) is 0 Å². The number of aromatic nitrogens is 1. The molecule has 0 unspecified atom stereocenters. The van der Waals surface area contributed by atoms with Gasteiger partial charge in [0.2, 0.25) is 11.8 Å². The van der Waals surface area contributed by atoms with Gasteiger partial charge in [-0.3, -0.25) is 14.5 Å². The second-order valence-electron chi connectivity index (χ2n) is 7.43. The summed E-state index contributed by atoms with van der Waals surface area (Å²) in [5, 5.41) is 3.85. The summed E-state index contributed by atoms with van der Waals surface area (Å²) in [7, 11) is 3.56. The molecule has 30 heavy (non-hydrogen) atoms. The molecule has 0 aliphatic carbocycles. The Labute approximate surface area is 181 Å². The zero-order chi connectivity index (χ0) is 21.7. The van der Waals surface area contributed by atoms with Crippen LogP contribution in [-0.4, -0.2) is 53.8 Å². The molecule has 0 aliphatic heterocycles. The van der Waals surface area contributed by atoms with Crippen molar-refractivity contribution in [3.8, 4) is 0 Å². The fourth-order valence-corrected chi connectivity index (χ4v) is 4.30. The van der Waals surface area contributed by atoms with Crippen molar-refractivity contribution in [2.24, 2.45) is 0 Å². The number of anilines is 1. The van der Waals surface area contributed by atoms with E-state index in [9.17, 15) is 9.59 Å². The van der Waals surface area contributed by atoms with Crippen LogP contribution in [0.1, 0.15) is 30.5 Å². The van der Waals surface area contributed by atoms with E-state index in [1.165, 1.54) is 0 Å². The van der Waals surface area contributed by atoms with Gasteiger partial charge in [0.1, 0.15) is 5.01 Å². The van der Waals surface area contributed by atoms with Gasteiger partial charge >= 0.3 is 0 Å². The SMILES string of the molecule is CCc1ccccc1NC(=O)CN(C)CC(=O)N(C)[C@H](C)c1nc2ccccc2s1. The third-order valence-corrected chi connectivity index (χ3v) is 6.34. The predicted octanol–water partition coefficient (Wildman–Crippen LogP) is 3.95. The van der Waals surface area contributed by atoms with Gasteiger partial charge in [0, 0.05) is 12.7 Å². The Morgan fingerprint density at radius 3 is 2.50 bits per heavy atom. The highest BCUT2D eigenvalue weighted by atomic mass is 32.1. The molecule has 0 saturated carbocycles. The van der Waals surface area contributed by atoms with Crippen molar-refractivity contribution in [2.45, 2.75) is 26.3 Å². The van der Waals surface area contributed by atoms with Crippen LogP contribution in [0.5, 0.6) is 0 Å². The highest BCUT2D eigenvalue weighted by Gasteiger charge is 2.22. The van der Waals surface area contributed by atoms with Crippen molar-refractivity contribution in [3.05, 3.63) is 59.1 Å². The number of carbonyl (C=O) groups excluding carboxylic acids is 2. The minimum absolute atomic E-state index is 0.0500. The standard InChI is InChI=1S/C23H28N4O2S/c1-5-17-10-6-7-11-18(17)24-21(28)14-26(3)15-22(29)27(4)16(2)23-25-19-12-8-9-13-20(19)30-23/h6-13,16H,5,14-15H2,1-4H3,(H,24,28)/t16-/m1/s1. The van der Waals surface area contributed by atoms with Crippen LogP contribution < -0.4 is 5.32 Å². The van der Waals surface area contributed by atoms with Gasteiger partial charge in [-0.2, -0.15) is 0 Å². The third-order valence-electron chi connectivity index (χ3n) is 5.13. The van der Waals surface area contributed by atoms with Crippen molar-refractivity contribution < 1.29 is 9.59 Å². The maximum atomic E-state index is 12.8. The second kappa shape index (κ2) is 9.82. The van der Waals surface area contributed by atoms with Crippen LogP contribution in [0.4, 0.5) is 5.69 Å². The first-order chi connectivity index (χ1) is 14.4. The molecule has 158 valence electrons. The molecule has 0 saturated heterocycles. The molecule has 7 heteroatoms. The smallest absolute Gasteiger partial charge is 0.238 e. The minimum Gasteiger partial charge on any atom is -0.335 e. The fraction of sp³-hybridized carbons (Fsp3) is 0.348. The highest BCUT2D eigenvalue weighted by molar-refractivity contribution is 7.18. The Kier molecular flexibility index (Phi) is 7.18. The number of carbonyl (C=O) groups is 2. The number of thiazole rings is 1. The zero-order valence-corrected chi connectivity index (χ0v) is 18.7. The lowest BCUT2D eigenvalue weighted by Crippen LogP contribution is -2.40. The van der Waals surface area contributed by atoms with Gasteiger partial charge in [0.15, 0.2) is 0 Å². The van der Waals surface area contributed by atoms with E-state index < -0.39 is 0 Å². The normalized spacial score (nSPS) is 12.2. The first kappa shape index (κ1) is 21.9. The van der Waals surface area contributed by atoms with E-state index in [-0.39, 0.29) is 30.9 Å². The Hall–Kier alpha value is -2.77. The molecule has 0 bridgehead atoms. The molecular weight excluding hydrogens is 396 g/mol. The number of benzene rings is 2. The number of rotatable bonds is 8. The number of nitrogens with one attached hydrogen (secondary N) is 1. The van der Waals surface area contributed by atoms with Crippen LogP contribution in [0.3, 0.4) is 0 Å². The molecule has 1 atom stereocenters. The highest BCUT2D eigenvalue weighted by Crippen LogP contribution is 2.28. The number of amides is 2. The number of fused-ring (bicyclic) bond motifs is 1. The van der Waals surface area contributed by atoms with Crippen LogP contribution in [-0.2, 0) is 16.0 Å². The number of aryl methyl sites for hydroxylation is 1. The van der Waals surface area contributed by atoms with Crippen molar-refractivity contribution in [1.82, 2.24) is 14.8 Å². The Morgan fingerprint density at radius 1 is 1.07 bits per heavy atom. The topological polar surface area (TPSA) is 65.5 Å². The third kappa shape index (κ3) is 5.23. The maximum absolute atomic E-state index is 12.8. The predicted molar refractivity (Wildman–Crippen MR) is 123 cm³/mol. The molecule has 1 heterocycles. The summed E-state index contributed by atoms with van der Waals surface area (Å²) < 4.78 is 1.11. The Bertz CT molecular complexity index is 1000. The lowest BCUT2D eigenvalue weighted by atomic mass is 10.1. The van der Waals surface area contributed by atoms with Gasteiger partial charge in [0.25, 0.3) is 0 Å². The van der Waals surface area contributed by atoms with E-state index in [4.69, 9.17) is 0 Å². The van der Waals surface area contributed by atoms with E-state index in [2.05, 4.69) is 17.2 Å². The van der Waals surface area contributed by atoms with Gasteiger partial charge in [-0.05, 0) is 44.2 Å². The molecule has 0 radical (unpaired) electrons. The van der Waals surface area contributed by atoms with Crippen molar-refractivity contribution in [1.29, 1.82) is 0 Å². The molecular formula is C23H28N4O2S. The van der Waals surface area contributed by atoms with Crippen LogP contribution in [0, 0.1) is 0 Å². The van der Waals surface area contributed by atoms with Gasteiger partial charge in [-0.1, -0.05) is 37.3 Å². The molecule has 3 rings (SSSR count). The summed E-state index contributed by atoms with van der Waals surface area (Å²) >= 11 is 1.60. The van der Waals surface area contributed by atoms with Crippen LogP contribution >= 0.6 is 11.3 Å². The molecule has 1 N–H and O–H groups in total. The molecule has 1 aromatic heterocycles. The Balaban J connectivity index is 1.55. The molecule has 0 fully saturated rings. The first-order valence-electron chi connectivity index (χ1n) is 10.1. The number of para-hydroxylation sites is 2. The van der Waals surface area contributed by atoms with Gasteiger partial charge in [-0.15, -0.1) is 11.3 Å². The molecule has 0 spiro atoms. The summed E-state index contributed by atoms with van der Waals surface area (Å²) in [6, 6.07) is 15.6. The quantitative estimate of drug-likeness (QED) is 0.595. The second-order valence-corrected chi connectivity index (χ2v) is 8.49. The van der Waals surface area contributed by atoms with Crippen molar-refractivity contribution >= 4 is 39.1 Å². The van der Waals surface area contributed by atoms with Gasteiger partial charge in [-0.25, -0.2) is 4.98 Å². The van der Waals surface area contributed by atoms with E-state index in [0.29, 0.717) is 0 Å². The number of nitrogens with zero attached hydrogens (tertiary/aromatic N) is 3. The van der Waals surface area contributed by atoms with Crippen molar-refractivity contribution in [3.63, 3.8) is 0 Å². The molecule has 2 aromatic carbocycles. The minimum atomic E-state index is -0.131. The van der Waals surface area contributed by atoms with E-state index in [0.717, 1.165) is 32.9 Å². The van der Waals surface area contributed by atoms with E-state index in [1.807, 2.05) is 55.5 Å². The lowest BCUT2D eigenvalue weighted by Gasteiger charge is -2.26. The van der Waals surface area contributed by atoms with Gasteiger partial charge < -0.3 is 10.2 Å². The lowest BCUT2D eigenvalue weighted by molar-refractivity contribution is -0.133. The summed E-state index contributed by atoms with van der Waals surface area (Å²) in [6.45, 7) is 4.34. The van der Waals surface area contributed by atoms with Crippen LogP contribution in [0.15, 0.2) is 48.5 Å². The van der Waals surface area contributed by atoms with Crippen molar-refractivity contribution in [2.75, 3.05) is 32.5 Å². The first-order valence-corrected chi connectivity index (χ1v) is 10.9. The van der Waals surface area contributed by atoms with E-state index >= 15 is 0 Å². The van der Waals surface area contributed by atoms with Gasteiger partial charge in [0.05, 0.1) is 29.3 Å². The average molecular weight is 425 g/mol. The van der Waals surface area contributed by atoms with Crippen LogP contribution in [0.25, 0.3) is 10.2 Å². The number of likely N-dealkylation sites (N-methyl/N-ethyl adjacent to an activating group) is 2. The summed E-state index contributed by atoms with van der Waals surface area (Å²) in [6.07, 6.45) is 0.846. The van der Waals surface area contributed by atoms with E-state index in [1.54, 1.807) is 35.2 Å². The summed E-state index contributed by atoms with van der Waals surface area (Å²) in [5.41, 5.74) is 2.87. The number of hydrogen-bond donors (Lipinski definition) is 1.